The molecule has 1 rings (SSSR count). The lowest BCUT2D eigenvalue weighted by atomic mass is 10.2. The Morgan fingerprint density at radius 1 is 0.905 bits per heavy atom. The van der Waals surface area contributed by atoms with Crippen LogP contribution in [-0.2, 0) is 19.1 Å². The summed E-state index contributed by atoms with van der Waals surface area (Å²) in [5, 5.41) is 0. The number of carbonyl (C=O) groups excluding carboxylic acids is 3. The number of ether oxygens (including phenoxy) is 2. The highest BCUT2D eigenvalue weighted by atomic mass is 16.5. The van der Waals surface area contributed by atoms with Crippen LogP contribution in [0.5, 0.6) is 0 Å². The highest BCUT2D eigenvalue weighted by Crippen LogP contribution is 2.05. The van der Waals surface area contributed by atoms with E-state index in [1.165, 1.54) is 0 Å². The van der Waals surface area contributed by atoms with E-state index in [-0.39, 0.29) is 26.3 Å². The SMILES string of the molecule is CCOC(=O)CN(CC(=O)OCC)C(=O)c1ccccc1. The Morgan fingerprint density at radius 3 is 1.81 bits per heavy atom. The summed E-state index contributed by atoms with van der Waals surface area (Å²) in [6.45, 7) is 3.19. The van der Waals surface area contributed by atoms with E-state index >= 15 is 0 Å². The third kappa shape index (κ3) is 5.64. The molecule has 1 aromatic carbocycles. The molecule has 0 heterocycles. The molecule has 0 bridgehead atoms. The van der Waals surface area contributed by atoms with Gasteiger partial charge in [-0.3, -0.25) is 14.4 Å². The van der Waals surface area contributed by atoms with Crippen molar-refractivity contribution in [2.24, 2.45) is 0 Å². The van der Waals surface area contributed by atoms with Crippen LogP contribution in [0.1, 0.15) is 24.2 Å². The zero-order valence-corrected chi connectivity index (χ0v) is 12.2. The van der Waals surface area contributed by atoms with Crippen LogP contribution < -0.4 is 0 Å². The molecule has 1 aromatic rings. The zero-order chi connectivity index (χ0) is 15.7. The molecule has 0 radical (unpaired) electrons. The van der Waals surface area contributed by atoms with Crippen LogP contribution in [0, 0.1) is 0 Å². The second-order valence-electron chi connectivity index (χ2n) is 4.14. The van der Waals surface area contributed by atoms with Crippen molar-refractivity contribution in [1.82, 2.24) is 4.90 Å². The lowest BCUT2D eigenvalue weighted by Gasteiger charge is -2.20. The van der Waals surface area contributed by atoms with Gasteiger partial charge < -0.3 is 14.4 Å². The van der Waals surface area contributed by atoms with Gasteiger partial charge in [-0.2, -0.15) is 0 Å². The van der Waals surface area contributed by atoms with Gasteiger partial charge in [-0.05, 0) is 26.0 Å². The third-order valence-electron chi connectivity index (χ3n) is 2.56. The first-order valence-corrected chi connectivity index (χ1v) is 6.74. The van der Waals surface area contributed by atoms with Crippen molar-refractivity contribution in [1.29, 1.82) is 0 Å². The molecule has 0 atom stereocenters. The van der Waals surface area contributed by atoms with Gasteiger partial charge in [0.1, 0.15) is 13.1 Å². The lowest BCUT2D eigenvalue weighted by molar-refractivity contribution is -0.147. The molecule has 21 heavy (non-hydrogen) atoms. The maximum absolute atomic E-state index is 12.3. The lowest BCUT2D eigenvalue weighted by Crippen LogP contribution is -2.40. The van der Waals surface area contributed by atoms with E-state index in [0.29, 0.717) is 5.56 Å². The summed E-state index contributed by atoms with van der Waals surface area (Å²) in [5.74, 6) is -1.55. The Hall–Kier alpha value is -2.37. The van der Waals surface area contributed by atoms with Gasteiger partial charge in [-0.25, -0.2) is 0 Å². The zero-order valence-electron chi connectivity index (χ0n) is 12.2. The van der Waals surface area contributed by atoms with Crippen LogP contribution in [0.25, 0.3) is 0 Å². The van der Waals surface area contributed by atoms with Crippen LogP contribution >= 0.6 is 0 Å². The molecule has 0 aliphatic rings. The third-order valence-corrected chi connectivity index (χ3v) is 2.56. The van der Waals surface area contributed by atoms with Crippen molar-refractivity contribution >= 4 is 17.8 Å². The minimum absolute atomic E-state index is 0.214. The number of benzene rings is 1. The predicted octanol–water partition coefficient (Wildman–Crippen LogP) is 1.25. The highest BCUT2D eigenvalue weighted by Gasteiger charge is 2.22. The predicted molar refractivity (Wildman–Crippen MR) is 75.6 cm³/mol. The molecule has 0 unspecified atom stereocenters. The maximum atomic E-state index is 12.3. The van der Waals surface area contributed by atoms with E-state index in [1.807, 2.05) is 0 Å². The number of carbonyl (C=O) groups is 3. The van der Waals surface area contributed by atoms with Gasteiger partial charge in [0.15, 0.2) is 0 Å². The summed E-state index contributed by atoms with van der Waals surface area (Å²) in [6, 6.07) is 8.43. The van der Waals surface area contributed by atoms with Gasteiger partial charge in [0.2, 0.25) is 0 Å². The van der Waals surface area contributed by atoms with Crippen molar-refractivity contribution in [2.75, 3.05) is 26.3 Å². The molecule has 0 fully saturated rings. The summed E-state index contributed by atoms with van der Waals surface area (Å²) in [6.07, 6.45) is 0. The highest BCUT2D eigenvalue weighted by molar-refractivity contribution is 5.97. The molecule has 6 nitrogen and oxygen atoms in total. The summed E-state index contributed by atoms with van der Waals surface area (Å²) < 4.78 is 9.63. The van der Waals surface area contributed by atoms with E-state index in [4.69, 9.17) is 9.47 Å². The fourth-order valence-electron chi connectivity index (χ4n) is 1.69. The van der Waals surface area contributed by atoms with Gasteiger partial charge in [-0.1, -0.05) is 18.2 Å². The molecule has 0 saturated heterocycles. The summed E-state index contributed by atoms with van der Waals surface area (Å²) in [5.41, 5.74) is 0.395. The van der Waals surface area contributed by atoms with E-state index < -0.39 is 17.8 Å². The second kappa shape index (κ2) is 8.73. The average molecular weight is 293 g/mol. The standard InChI is InChI=1S/C15H19NO5/c1-3-20-13(17)10-16(11-14(18)21-4-2)15(19)12-8-6-5-7-9-12/h5-9H,3-4,10-11H2,1-2H3. The quantitative estimate of drug-likeness (QED) is 0.708. The minimum Gasteiger partial charge on any atom is -0.465 e. The Kier molecular flexibility index (Phi) is 6.94. The monoisotopic (exact) mass is 293 g/mol. The van der Waals surface area contributed by atoms with Crippen LogP contribution in [0.15, 0.2) is 30.3 Å². The first-order valence-electron chi connectivity index (χ1n) is 6.74. The van der Waals surface area contributed by atoms with Crippen LogP contribution in [0.3, 0.4) is 0 Å². The smallest absolute Gasteiger partial charge is 0.325 e. The first-order chi connectivity index (χ1) is 10.1. The molecule has 6 heteroatoms. The topological polar surface area (TPSA) is 72.9 Å². The summed E-state index contributed by atoms with van der Waals surface area (Å²) >= 11 is 0. The number of amides is 1. The Balaban J connectivity index is 2.82. The molecule has 0 N–H and O–H groups in total. The number of hydrogen-bond acceptors (Lipinski definition) is 5. The largest absolute Gasteiger partial charge is 0.465 e. The second-order valence-corrected chi connectivity index (χ2v) is 4.14. The van der Waals surface area contributed by atoms with Crippen molar-refractivity contribution in [3.63, 3.8) is 0 Å². The van der Waals surface area contributed by atoms with E-state index in [2.05, 4.69) is 0 Å². The Morgan fingerprint density at radius 2 is 1.38 bits per heavy atom. The van der Waals surface area contributed by atoms with Gasteiger partial charge in [0.25, 0.3) is 5.91 Å². The number of esters is 2. The van der Waals surface area contributed by atoms with E-state index in [0.717, 1.165) is 4.90 Å². The van der Waals surface area contributed by atoms with Crippen LogP contribution in [0.4, 0.5) is 0 Å². The number of nitrogens with zero attached hydrogens (tertiary/aromatic N) is 1. The van der Waals surface area contributed by atoms with Crippen molar-refractivity contribution in [3.05, 3.63) is 35.9 Å². The fourth-order valence-corrected chi connectivity index (χ4v) is 1.69. The molecule has 0 spiro atoms. The number of hydrogen-bond donors (Lipinski definition) is 0. The first kappa shape index (κ1) is 16.7. The van der Waals surface area contributed by atoms with Gasteiger partial charge in [0.05, 0.1) is 13.2 Å². The van der Waals surface area contributed by atoms with Gasteiger partial charge >= 0.3 is 11.9 Å². The van der Waals surface area contributed by atoms with Crippen molar-refractivity contribution in [3.8, 4) is 0 Å². The van der Waals surface area contributed by atoms with Crippen LogP contribution in [0.2, 0.25) is 0 Å². The molecular formula is C15H19NO5. The van der Waals surface area contributed by atoms with Crippen molar-refractivity contribution < 1.29 is 23.9 Å². The summed E-state index contributed by atoms with van der Waals surface area (Å²) in [4.78, 5) is 36.6. The van der Waals surface area contributed by atoms with Gasteiger partial charge in [-0.15, -0.1) is 0 Å². The Bertz CT molecular complexity index is 466. The average Bonchev–Trinajstić information content (AvgIpc) is 2.47. The number of rotatable bonds is 7. The summed E-state index contributed by atoms with van der Waals surface area (Å²) in [7, 11) is 0. The molecule has 0 saturated carbocycles. The normalized spacial score (nSPS) is 9.81. The molecule has 1 amide bonds. The van der Waals surface area contributed by atoms with Gasteiger partial charge in [0, 0.05) is 5.56 Å². The Labute approximate surface area is 123 Å². The van der Waals surface area contributed by atoms with E-state index in [1.54, 1.807) is 44.2 Å². The molecular weight excluding hydrogens is 274 g/mol. The van der Waals surface area contributed by atoms with Crippen LogP contribution in [-0.4, -0.2) is 49.0 Å². The molecule has 0 aromatic heterocycles. The van der Waals surface area contributed by atoms with Crippen molar-refractivity contribution in [2.45, 2.75) is 13.8 Å². The maximum Gasteiger partial charge on any atom is 0.325 e. The fraction of sp³-hybridized carbons (Fsp3) is 0.400. The van der Waals surface area contributed by atoms with E-state index in [9.17, 15) is 14.4 Å². The molecule has 0 aliphatic carbocycles. The molecule has 0 aliphatic heterocycles. The minimum atomic E-state index is -0.564. The molecule has 114 valence electrons.